The van der Waals surface area contributed by atoms with Gasteiger partial charge in [0.1, 0.15) is 0 Å². The van der Waals surface area contributed by atoms with Gasteiger partial charge in [-0.3, -0.25) is 0 Å². The van der Waals surface area contributed by atoms with Crippen LogP contribution >= 0.6 is 0 Å². The summed E-state index contributed by atoms with van der Waals surface area (Å²) in [5, 5.41) is 14.1. The number of ether oxygens (including phenoxy) is 1. The van der Waals surface area contributed by atoms with Gasteiger partial charge in [0.2, 0.25) is 5.95 Å². The number of methoxy groups -OCH3 is 1. The van der Waals surface area contributed by atoms with Gasteiger partial charge in [-0.25, -0.2) is 4.79 Å². The quantitative estimate of drug-likeness (QED) is 0.690. The van der Waals surface area contributed by atoms with Gasteiger partial charge in [0.25, 0.3) is 0 Å². The number of aryl methyl sites for hydroxylation is 1. The molecule has 0 aliphatic rings. The molecule has 126 valence electrons. The average molecular weight is 335 g/mol. The number of carbonyl (C=O) groups is 1. The minimum atomic E-state index is -0.427. The summed E-state index contributed by atoms with van der Waals surface area (Å²) < 4.78 is 4.79. The zero-order chi connectivity index (χ0) is 17.6. The van der Waals surface area contributed by atoms with Crippen molar-refractivity contribution in [1.82, 2.24) is 15.2 Å². The van der Waals surface area contributed by atoms with Crippen molar-refractivity contribution in [3.8, 4) is 0 Å². The summed E-state index contributed by atoms with van der Waals surface area (Å²) in [7, 11) is 1.34. The molecule has 2 aromatic carbocycles. The Labute approximate surface area is 145 Å². The number of para-hydroxylation sites is 2. The van der Waals surface area contributed by atoms with E-state index in [0.717, 1.165) is 11.3 Å². The lowest BCUT2D eigenvalue weighted by Crippen LogP contribution is -2.07. The first-order chi connectivity index (χ1) is 12.2. The van der Waals surface area contributed by atoms with E-state index in [4.69, 9.17) is 4.74 Å². The van der Waals surface area contributed by atoms with Gasteiger partial charge < -0.3 is 15.4 Å². The smallest absolute Gasteiger partial charge is 0.339 e. The lowest BCUT2D eigenvalue weighted by atomic mass is 10.2. The third-order valence-electron chi connectivity index (χ3n) is 3.55. The Kier molecular flexibility index (Phi) is 4.84. The molecule has 7 heteroatoms. The predicted molar refractivity (Wildman–Crippen MR) is 95.4 cm³/mol. The molecule has 0 bridgehead atoms. The number of nitrogens with one attached hydrogen (secondary N) is 2. The second kappa shape index (κ2) is 7.39. The number of esters is 1. The van der Waals surface area contributed by atoms with E-state index in [9.17, 15) is 4.79 Å². The zero-order valence-electron chi connectivity index (χ0n) is 13.9. The molecule has 0 radical (unpaired) electrons. The molecule has 0 fully saturated rings. The van der Waals surface area contributed by atoms with E-state index in [0.29, 0.717) is 23.0 Å². The fourth-order valence-corrected chi connectivity index (χ4v) is 2.27. The van der Waals surface area contributed by atoms with Crippen LogP contribution in [0.25, 0.3) is 0 Å². The van der Waals surface area contributed by atoms with Gasteiger partial charge in [0.05, 0.1) is 24.6 Å². The van der Waals surface area contributed by atoms with Crippen molar-refractivity contribution < 1.29 is 9.53 Å². The van der Waals surface area contributed by atoms with Crippen LogP contribution in [0.4, 0.5) is 23.1 Å². The van der Waals surface area contributed by atoms with Crippen molar-refractivity contribution in [3.63, 3.8) is 0 Å². The van der Waals surface area contributed by atoms with E-state index < -0.39 is 5.97 Å². The van der Waals surface area contributed by atoms with Gasteiger partial charge in [-0.15, -0.1) is 5.10 Å². The standard InChI is InChI=1S/C18H17N5O2/c1-12-7-3-5-9-14(12)21-18-22-16(11-19-23-18)20-15-10-6-4-8-13(15)17(24)25-2/h3-11H,1-2H3,(H2,20,21,22,23). The maximum atomic E-state index is 11.8. The van der Waals surface area contributed by atoms with Crippen LogP contribution in [0, 0.1) is 6.92 Å². The van der Waals surface area contributed by atoms with Crippen LogP contribution in [0.15, 0.2) is 54.7 Å². The molecular weight excluding hydrogens is 318 g/mol. The second-order valence-electron chi connectivity index (χ2n) is 5.27. The molecule has 0 unspecified atom stereocenters. The van der Waals surface area contributed by atoms with Crippen LogP contribution in [0.3, 0.4) is 0 Å². The highest BCUT2D eigenvalue weighted by atomic mass is 16.5. The van der Waals surface area contributed by atoms with E-state index >= 15 is 0 Å². The Balaban J connectivity index is 1.84. The number of nitrogens with zero attached hydrogens (tertiary/aromatic N) is 3. The lowest BCUT2D eigenvalue weighted by Gasteiger charge is -2.11. The van der Waals surface area contributed by atoms with E-state index in [1.807, 2.05) is 37.3 Å². The molecule has 0 saturated heterocycles. The Morgan fingerprint density at radius 1 is 1.00 bits per heavy atom. The molecule has 0 spiro atoms. The van der Waals surface area contributed by atoms with Gasteiger partial charge in [-0.1, -0.05) is 30.3 Å². The molecule has 1 heterocycles. The Morgan fingerprint density at radius 3 is 2.48 bits per heavy atom. The van der Waals surface area contributed by atoms with Crippen molar-refractivity contribution in [2.24, 2.45) is 0 Å². The van der Waals surface area contributed by atoms with Gasteiger partial charge in [0, 0.05) is 5.69 Å². The highest BCUT2D eigenvalue weighted by Crippen LogP contribution is 2.22. The average Bonchev–Trinajstić information content (AvgIpc) is 2.64. The SMILES string of the molecule is COC(=O)c1ccccc1Nc1cnnc(Nc2ccccc2C)n1. The molecule has 1 aromatic heterocycles. The van der Waals surface area contributed by atoms with Crippen LogP contribution in [0.5, 0.6) is 0 Å². The molecule has 25 heavy (non-hydrogen) atoms. The summed E-state index contributed by atoms with van der Waals surface area (Å²) in [4.78, 5) is 16.2. The van der Waals surface area contributed by atoms with E-state index in [2.05, 4.69) is 25.8 Å². The molecule has 0 amide bonds. The highest BCUT2D eigenvalue weighted by molar-refractivity contribution is 5.96. The molecule has 0 aliphatic carbocycles. The molecule has 3 aromatic rings. The van der Waals surface area contributed by atoms with Crippen molar-refractivity contribution in [3.05, 3.63) is 65.9 Å². The molecule has 2 N–H and O–H groups in total. The van der Waals surface area contributed by atoms with Crippen LogP contribution in [0.1, 0.15) is 15.9 Å². The summed E-state index contributed by atoms with van der Waals surface area (Å²) in [5.41, 5.74) is 2.96. The number of aromatic nitrogens is 3. The summed E-state index contributed by atoms with van der Waals surface area (Å²) in [6.07, 6.45) is 1.48. The molecule has 0 saturated carbocycles. The Bertz CT molecular complexity index is 898. The Hall–Kier alpha value is -3.48. The van der Waals surface area contributed by atoms with E-state index in [1.54, 1.807) is 18.2 Å². The fraction of sp³-hybridized carbons (Fsp3) is 0.111. The highest BCUT2D eigenvalue weighted by Gasteiger charge is 2.12. The van der Waals surface area contributed by atoms with Crippen molar-refractivity contribution in [2.45, 2.75) is 6.92 Å². The largest absolute Gasteiger partial charge is 0.465 e. The summed E-state index contributed by atoms with van der Waals surface area (Å²) in [5.74, 6) is 0.390. The molecule has 3 rings (SSSR count). The van der Waals surface area contributed by atoms with Crippen LogP contribution in [-0.4, -0.2) is 28.3 Å². The van der Waals surface area contributed by atoms with Gasteiger partial charge in [0.15, 0.2) is 5.82 Å². The van der Waals surface area contributed by atoms with Gasteiger partial charge in [-0.05, 0) is 30.7 Å². The van der Waals surface area contributed by atoms with Crippen molar-refractivity contribution in [1.29, 1.82) is 0 Å². The first-order valence-electron chi connectivity index (χ1n) is 7.64. The third kappa shape index (κ3) is 3.89. The monoisotopic (exact) mass is 335 g/mol. The third-order valence-corrected chi connectivity index (χ3v) is 3.55. The van der Waals surface area contributed by atoms with Gasteiger partial charge in [-0.2, -0.15) is 10.1 Å². The summed E-state index contributed by atoms with van der Waals surface area (Å²) in [6, 6.07) is 14.8. The number of benzene rings is 2. The number of hydrogen-bond acceptors (Lipinski definition) is 7. The molecule has 7 nitrogen and oxygen atoms in total. The van der Waals surface area contributed by atoms with Gasteiger partial charge >= 0.3 is 5.97 Å². The minimum absolute atomic E-state index is 0.356. The Morgan fingerprint density at radius 2 is 1.72 bits per heavy atom. The van der Waals surface area contributed by atoms with Crippen molar-refractivity contribution >= 4 is 29.1 Å². The summed E-state index contributed by atoms with van der Waals surface area (Å²) >= 11 is 0. The molecule has 0 atom stereocenters. The first-order valence-corrected chi connectivity index (χ1v) is 7.64. The van der Waals surface area contributed by atoms with E-state index in [-0.39, 0.29) is 0 Å². The number of anilines is 4. The minimum Gasteiger partial charge on any atom is -0.465 e. The molecule has 0 aliphatic heterocycles. The molecular formula is C18H17N5O2. The second-order valence-corrected chi connectivity index (χ2v) is 5.27. The lowest BCUT2D eigenvalue weighted by molar-refractivity contribution is 0.0602. The maximum absolute atomic E-state index is 11.8. The topological polar surface area (TPSA) is 89.0 Å². The number of carbonyl (C=O) groups excluding carboxylic acids is 1. The zero-order valence-corrected chi connectivity index (χ0v) is 13.9. The van der Waals surface area contributed by atoms with Crippen LogP contribution in [0.2, 0.25) is 0 Å². The van der Waals surface area contributed by atoms with Crippen molar-refractivity contribution in [2.75, 3.05) is 17.7 Å². The van der Waals surface area contributed by atoms with E-state index in [1.165, 1.54) is 13.3 Å². The fourth-order valence-electron chi connectivity index (χ4n) is 2.27. The first kappa shape index (κ1) is 16.4. The van der Waals surface area contributed by atoms with Crippen LogP contribution < -0.4 is 10.6 Å². The van der Waals surface area contributed by atoms with Crippen LogP contribution in [-0.2, 0) is 4.74 Å². The normalized spacial score (nSPS) is 10.2. The number of rotatable bonds is 5. The number of hydrogen-bond donors (Lipinski definition) is 2. The maximum Gasteiger partial charge on any atom is 0.339 e. The predicted octanol–water partition coefficient (Wildman–Crippen LogP) is 3.45. The summed E-state index contributed by atoms with van der Waals surface area (Å²) in [6.45, 7) is 1.99.